The van der Waals surface area contributed by atoms with Gasteiger partial charge in [-0.05, 0) is 40.5 Å². The van der Waals surface area contributed by atoms with Gasteiger partial charge in [-0.3, -0.25) is 0 Å². The lowest BCUT2D eigenvalue weighted by molar-refractivity contribution is 0.0502. The van der Waals surface area contributed by atoms with E-state index in [4.69, 9.17) is 4.74 Å². The fourth-order valence-electron chi connectivity index (χ4n) is 2.34. The number of aromatic nitrogens is 1. The van der Waals surface area contributed by atoms with Crippen molar-refractivity contribution in [2.75, 3.05) is 13.1 Å². The highest BCUT2D eigenvalue weighted by molar-refractivity contribution is 7.11. The molecular formula is C19H35N5O2S. The van der Waals surface area contributed by atoms with Gasteiger partial charge < -0.3 is 20.7 Å². The van der Waals surface area contributed by atoms with E-state index in [-0.39, 0.29) is 12.1 Å². The Labute approximate surface area is 167 Å². The van der Waals surface area contributed by atoms with Crippen LogP contribution in [-0.2, 0) is 17.7 Å². The first-order chi connectivity index (χ1) is 12.8. The van der Waals surface area contributed by atoms with Crippen LogP contribution in [0.1, 0.15) is 64.3 Å². The summed E-state index contributed by atoms with van der Waals surface area (Å²) in [6.07, 6.45) is 4.35. The lowest BCUT2D eigenvalue weighted by Gasteiger charge is -2.24. The Morgan fingerprint density at radius 2 is 2.04 bits per heavy atom. The lowest BCUT2D eigenvalue weighted by atomic mass is 10.1. The van der Waals surface area contributed by atoms with Crippen molar-refractivity contribution in [1.29, 1.82) is 0 Å². The number of hydrogen-bond donors (Lipinski definition) is 3. The third-order valence-corrected chi connectivity index (χ3v) is 4.67. The first kappa shape index (κ1) is 23.2. The number of ether oxygens (including phenoxy) is 1. The third kappa shape index (κ3) is 10.2. The van der Waals surface area contributed by atoms with Crippen LogP contribution in [0.3, 0.4) is 0 Å². The van der Waals surface area contributed by atoms with Crippen molar-refractivity contribution in [3.63, 3.8) is 0 Å². The molecule has 0 radical (unpaired) electrons. The minimum Gasteiger partial charge on any atom is -0.444 e. The minimum absolute atomic E-state index is 0.0275. The van der Waals surface area contributed by atoms with Crippen molar-refractivity contribution in [3.05, 3.63) is 16.1 Å². The molecule has 154 valence electrons. The summed E-state index contributed by atoms with van der Waals surface area (Å²) in [6, 6.07) is -0.0275. The van der Waals surface area contributed by atoms with Crippen LogP contribution in [0.4, 0.5) is 4.79 Å². The van der Waals surface area contributed by atoms with Crippen molar-refractivity contribution < 1.29 is 9.53 Å². The van der Waals surface area contributed by atoms with Gasteiger partial charge in [-0.25, -0.2) is 14.8 Å². The Morgan fingerprint density at radius 1 is 1.30 bits per heavy atom. The molecule has 8 heteroatoms. The standard InChI is InChI=1S/C19H35N5O2S/c1-7-10-14(24-18(25)26-19(4,5)6)11-22-17(20-9-3)23-13-16-21-12-15(8-2)27-16/h12,14H,7-11,13H2,1-6H3,(H,24,25)(H2,20,22,23). The number of aryl methyl sites for hydroxylation is 1. The van der Waals surface area contributed by atoms with Gasteiger partial charge in [0.1, 0.15) is 10.6 Å². The van der Waals surface area contributed by atoms with Gasteiger partial charge in [0.2, 0.25) is 0 Å². The Balaban J connectivity index is 2.61. The molecule has 0 saturated carbocycles. The number of carbonyl (C=O) groups is 1. The van der Waals surface area contributed by atoms with E-state index in [0.29, 0.717) is 13.1 Å². The highest BCUT2D eigenvalue weighted by atomic mass is 32.1. The van der Waals surface area contributed by atoms with E-state index < -0.39 is 5.60 Å². The third-order valence-electron chi connectivity index (χ3n) is 3.54. The highest BCUT2D eigenvalue weighted by Crippen LogP contribution is 2.14. The summed E-state index contributed by atoms with van der Waals surface area (Å²) in [5, 5.41) is 10.5. The van der Waals surface area contributed by atoms with Gasteiger partial charge in [0.15, 0.2) is 5.96 Å². The molecule has 0 bridgehead atoms. The van der Waals surface area contributed by atoms with Gasteiger partial charge in [-0.1, -0.05) is 20.3 Å². The van der Waals surface area contributed by atoms with E-state index in [1.54, 1.807) is 11.3 Å². The molecule has 1 aromatic rings. The molecule has 0 spiro atoms. The predicted octanol–water partition coefficient (Wildman–Crippen LogP) is 3.45. The summed E-state index contributed by atoms with van der Waals surface area (Å²) in [4.78, 5) is 22.3. The summed E-state index contributed by atoms with van der Waals surface area (Å²) >= 11 is 1.69. The Hall–Kier alpha value is -1.83. The SMILES string of the molecule is CCCC(CNC(=NCc1ncc(CC)s1)NCC)NC(=O)OC(C)(C)C. The second-order valence-corrected chi connectivity index (χ2v) is 8.48. The van der Waals surface area contributed by atoms with Crippen LogP contribution >= 0.6 is 11.3 Å². The van der Waals surface area contributed by atoms with Gasteiger partial charge in [0, 0.05) is 30.2 Å². The van der Waals surface area contributed by atoms with Crippen molar-refractivity contribution in [3.8, 4) is 0 Å². The van der Waals surface area contributed by atoms with Crippen LogP contribution in [0.15, 0.2) is 11.2 Å². The largest absolute Gasteiger partial charge is 0.444 e. The average Bonchev–Trinajstić information content (AvgIpc) is 3.03. The normalized spacial score (nSPS) is 13.2. The van der Waals surface area contributed by atoms with Gasteiger partial charge in [-0.2, -0.15) is 0 Å². The van der Waals surface area contributed by atoms with Crippen LogP contribution in [0.2, 0.25) is 0 Å². The second-order valence-electron chi connectivity index (χ2n) is 7.28. The Morgan fingerprint density at radius 3 is 2.59 bits per heavy atom. The molecular weight excluding hydrogens is 362 g/mol. The molecule has 1 atom stereocenters. The number of hydrogen-bond acceptors (Lipinski definition) is 5. The molecule has 0 fully saturated rings. The van der Waals surface area contributed by atoms with Gasteiger partial charge >= 0.3 is 6.09 Å². The number of amides is 1. The number of nitrogens with one attached hydrogen (secondary N) is 3. The number of carbonyl (C=O) groups excluding carboxylic acids is 1. The summed E-state index contributed by atoms with van der Waals surface area (Å²) in [5.41, 5.74) is -0.504. The maximum absolute atomic E-state index is 12.0. The Kier molecular flexibility index (Phi) is 10.1. The molecule has 1 aromatic heterocycles. The lowest BCUT2D eigenvalue weighted by Crippen LogP contribution is -2.48. The first-order valence-corrected chi connectivity index (χ1v) is 10.5. The van der Waals surface area contributed by atoms with Crippen LogP contribution in [0.5, 0.6) is 0 Å². The number of guanidine groups is 1. The number of rotatable bonds is 9. The molecule has 0 aromatic carbocycles. The van der Waals surface area contributed by atoms with E-state index in [0.717, 1.165) is 36.8 Å². The molecule has 1 amide bonds. The van der Waals surface area contributed by atoms with Crippen LogP contribution in [-0.4, -0.2) is 41.8 Å². The van der Waals surface area contributed by atoms with Gasteiger partial charge in [0.05, 0.1) is 6.54 Å². The fourth-order valence-corrected chi connectivity index (χ4v) is 3.13. The molecule has 0 aliphatic rings. The summed E-state index contributed by atoms with van der Waals surface area (Å²) < 4.78 is 5.36. The second kappa shape index (κ2) is 11.8. The molecule has 3 N–H and O–H groups in total. The summed E-state index contributed by atoms with van der Waals surface area (Å²) in [5.74, 6) is 0.720. The van der Waals surface area contributed by atoms with E-state index >= 15 is 0 Å². The molecule has 7 nitrogen and oxygen atoms in total. The zero-order valence-electron chi connectivity index (χ0n) is 17.5. The Bertz CT molecular complexity index is 595. The van der Waals surface area contributed by atoms with Crippen LogP contribution in [0, 0.1) is 0 Å². The minimum atomic E-state index is -0.504. The van der Waals surface area contributed by atoms with Crippen molar-refractivity contribution in [2.24, 2.45) is 4.99 Å². The van der Waals surface area contributed by atoms with Crippen molar-refractivity contribution in [2.45, 2.75) is 79.0 Å². The zero-order chi connectivity index (χ0) is 20.3. The number of nitrogens with zero attached hydrogens (tertiary/aromatic N) is 2. The summed E-state index contributed by atoms with van der Waals surface area (Å²) in [6.45, 7) is 13.7. The van der Waals surface area contributed by atoms with Crippen LogP contribution in [0.25, 0.3) is 0 Å². The molecule has 1 rings (SSSR count). The van der Waals surface area contributed by atoms with E-state index in [1.807, 2.05) is 33.9 Å². The molecule has 0 aliphatic carbocycles. The quantitative estimate of drug-likeness (QED) is 0.439. The number of aliphatic imine (C=N–C) groups is 1. The zero-order valence-corrected chi connectivity index (χ0v) is 18.3. The molecule has 0 saturated heterocycles. The van der Waals surface area contributed by atoms with Gasteiger partial charge in [-0.15, -0.1) is 11.3 Å². The van der Waals surface area contributed by atoms with Crippen LogP contribution < -0.4 is 16.0 Å². The summed E-state index contributed by atoms with van der Waals surface area (Å²) in [7, 11) is 0. The molecule has 27 heavy (non-hydrogen) atoms. The monoisotopic (exact) mass is 397 g/mol. The average molecular weight is 398 g/mol. The number of alkyl carbamates (subject to hydrolysis) is 1. The van der Waals surface area contributed by atoms with E-state index in [9.17, 15) is 4.79 Å². The maximum Gasteiger partial charge on any atom is 0.407 e. The molecule has 0 aliphatic heterocycles. The molecule has 1 heterocycles. The highest BCUT2D eigenvalue weighted by Gasteiger charge is 2.19. The number of thiazole rings is 1. The van der Waals surface area contributed by atoms with Crippen molar-refractivity contribution >= 4 is 23.4 Å². The predicted molar refractivity (Wildman–Crippen MR) is 112 cm³/mol. The van der Waals surface area contributed by atoms with Crippen molar-refractivity contribution in [1.82, 2.24) is 20.9 Å². The van der Waals surface area contributed by atoms with E-state index in [2.05, 4.69) is 39.8 Å². The maximum atomic E-state index is 12.0. The topological polar surface area (TPSA) is 87.6 Å². The molecule has 1 unspecified atom stereocenters. The fraction of sp³-hybridized carbons (Fsp3) is 0.737. The first-order valence-electron chi connectivity index (χ1n) is 9.72. The van der Waals surface area contributed by atoms with E-state index in [1.165, 1.54) is 4.88 Å². The smallest absolute Gasteiger partial charge is 0.407 e. The van der Waals surface area contributed by atoms with Gasteiger partial charge in [0.25, 0.3) is 0 Å².